The molecular weight excluding hydrogens is 254 g/mol. The molecule has 1 aromatic carbocycles. The van der Waals surface area contributed by atoms with Crippen molar-refractivity contribution in [3.05, 3.63) is 34.9 Å². The number of carboxylic acids is 1. The standard InChI is InChI=1S/C16H21NO3/c1-10(2)8-14(16(19)20)17-15(18)13-7-6-11-4-3-5-12(11)9-13/h6-7,9-10,14H,3-5,8H2,1-2H3,(H,17,18)(H,19,20)/t14-/m0/s1. The van der Waals surface area contributed by atoms with Gasteiger partial charge >= 0.3 is 5.97 Å². The molecule has 1 aromatic rings. The van der Waals surface area contributed by atoms with Crippen LogP contribution in [0, 0.1) is 5.92 Å². The number of amides is 1. The maximum absolute atomic E-state index is 12.2. The monoisotopic (exact) mass is 275 g/mol. The zero-order valence-electron chi connectivity index (χ0n) is 12.0. The van der Waals surface area contributed by atoms with E-state index in [0.717, 1.165) is 19.3 Å². The number of aryl methyl sites for hydroxylation is 2. The Morgan fingerprint density at radius 1 is 1.25 bits per heavy atom. The van der Waals surface area contributed by atoms with Gasteiger partial charge in [-0.25, -0.2) is 4.79 Å². The molecular formula is C16H21NO3. The highest BCUT2D eigenvalue weighted by molar-refractivity contribution is 5.96. The van der Waals surface area contributed by atoms with Crippen LogP contribution in [0.4, 0.5) is 0 Å². The van der Waals surface area contributed by atoms with Crippen LogP contribution < -0.4 is 5.32 Å². The molecule has 4 heteroatoms. The van der Waals surface area contributed by atoms with Crippen molar-refractivity contribution in [1.82, 2.24) is 5.32 Å². The van der Waals surface area contributed by atoms with Crippen LogP contribution in [0.2, 0.25) is 0 Å². The Hall–Kier alpha value is -1.84. The van der Waals surface area contributed by atoms with Crippen LogP contribution in [-0.4, -0.2) is 23.0 Å². The number of fused-ring (bicyclic) bond motifs is 1. The molecule has 1 amide bonds. The Morgan fingerprint density at radius 2 is 1.95 bits per heavy atom. The van der Waals surface area contributed by atoms with Crippen molar-refractivity contribution in [2.75, 3.05) is 0 Å². The third-order valence-electron chi connectivity index (χ3n) is 3.67. The molecule has 0 saturated heterocycles. The second-order valence-electron chi connectivity index (χ2n) is 5.83. The highest BCUT2D eigenvalue weighted by Crippen LogP contribution is 2.22. The van der Waals surface area contributed by atoms with Crippen LogP contribution in [0.5, 0.6) is 0 Å². The van der Waals surface area contributed by atoms with Gasteiger partial charge in [0, 0.05) is 5.56 Å². The Morgan fingerprint density at radius 3 is 2.60 bits per heavy atom. The first-order valence-corrected chi connectivity index (χ1v) is 7.13. The molecule has 2 rings (SSSR count). The molecule has 0 fully saturated rings. The van der Waals surface area contributed by atoms with E-state index in [-0.39, 0.29) is 11.8 Å². The molecule has 4 nitrogen and oxygen atoms in total. The lowest BCUT2D eigenvalue weighted by atomic mass is 10.0. The molecule has 2 N–H and O–H groups in total. The molecule has 0 spiro atoms. The molecule has 108 valence electrons. The summed E-state index contributed by atoms with van der Waals surface area (Å²) < 4.78 is 0. The molecule has 1 aliphatic rings. The zero-order valence-corrected chi connectivity index (χ0v) is 12.0. The maximum Gasteiger partial charge on any atom is 0.326 e. The van der Waals surface area contributed by atoms with Crippen molar-refractivity contribution in [2.45, 2.75) is 45.6 Å². The van der Waals surface area contributed by atoms with Gasteiger partial charge in [0.05, 0.1) is 0 Å². The highest BCUT2D eigenvalue weighted by atomic mass is 16.4. The van der Waals surface area contributed by atoms with E-state index in [1.807, 2.05) is 26.0 Å². The Labute approximate surface area is 119 Å². The molecule has 20 heavy (non-hydrogen) atoms. The third-order valence-corrected chi connectivity index (χ3v) is 3.67. The summed E-state index contributed by atoms with van der Waals surface area (Å²) in [5, 5.41) is 11.8. The van der Waals surface area contributed by atoms with Gasteiger partial charge in [0.25, 0.3) is 5.91 Å². The minimum Gasteiger partial charge on any atom is -0.480 e. The van der Waals surface area contributed by atoms with Crippen molar-refractivity contribution in [2.24, 2.45) is 5.92 Å². The van der Waals surface area contributed by atoms with Crippen LogP contribution in [0.1, 0.15) is 48.2 Å². The number of rotatable bonds is 5. The van der Waals surface area contributed by atoms with Gasteiger partial charge in [0.2, 0.25) is 0 Å². The summed E-state index contributed by atoms with van der Waals surface area (Å²) in [5.74, 6) is -1.06. The number of aliphatic carboxylic acids is 1. The first-order valence-electron chi connectivity index (χ1n) is 7.13. The predicted molar refractivity (Wildman–Crippen MR) is 76.8 cm³/mol. The molecule has 0 saturated carbocycles. The normalized spacial score (nSPS) is 14.9. The first kappa shape index (κ1) is 14.6. The van der Waals surface area contributed by atoms with Gasteiger partial charge in [-0.05, 0) is 54.9 Å². The summed E-state index contributed by atoms with van der Waals surface area (Å²) in [6.07, 6.45) is 3.64. The van der Waals surface area contributed by atoms with Gasteiger partial charge in [-0.2, -0.15) is 0 Å². The van der Waals surface area contributed by atoms with Crippen molar-refractivity contribution < 1.29 is 14.7 Å². The number of carbonyl (C=O) groups is 2. The maximum atomic E-state index is 12.2. The number of benzene rings is 1. The fraction of sp³-hybridized carbons (Fsp3) is 0.500. The summed E-state index contributed by atoms with van der Waals surface area (Å²) in [5.41, 5.74) is 3.08. The van der Waals surface area contributed by atoms with Crippen LogP contribution in [0.25, 0.3) is 0 Å². The van der Waals surface area contributed by atoms with Crippen LogP contribution in [0.15, 0.2) is 18.2 Å². The molecule has 0 bridgehead atoms. The van der Waals surface area contributed by atoms with Crippen molar-refractivity contribution in [3.63, 3.8) is 0 Å². The van der Waals surface area contributed by atoms with Crippen molar-refractivity contribution >= 4 is 11.9 Å². The predicted octanol–water partition coefficient (Wildman–Crippen LogP) is 2.40. The number of carboxylic acid groups (broad SMARTS) is 1. The molecule has 0 unspecified atom stereocenters. The van der Waals surface area contributed by atoms with Gasteiger partial charge in [0.15, 0.2) is 0 Å². The summed E-state index contributed by atoms with van der Waals surface area (Å²) in [4.78, 5) is 23.3. The van der Waals surface area contributed by atoms with Gasteiger partial charge in [-0.3, -0.25) is 4.79 Å². The van der Waals surface area contributed by atoms with Crippen molar-refractivity contribution in [3.8, 4) is 0 Å². The minimum atomic E-state index is -0.979. The van der Waals surface area contributed by atoms with E-state index in [0.29, 0.717) is 12.0 Å². The van der Waals surface area contributed by atoms with E-state index in [1.54, 1.807) is 6.07 Å². The Kier molecular flexibility index (Phi) is 4.42. The van der Waals surface area contributed by atoms with Gasteiger partial charge < -0.3 is 10.4 Å². The van der Waals surface area contributed by atoms with Gasteiger partial charge in [-0.15, -0.1) is 0 Å². The lowest BCUT2D eigenvalue weighted by Crippen LogP contribution is -2.41. The molecule has 0 heterocycles. The van der Waals surface area contributed by atoms with E-state index in [4.69, 9.17) is 5.11 Å². The molecule has 1 atom stereocenters. The smallest absolute Gasteiger partial charge is 0.326 e. The van der Waals surface area contributed by atoms with Crippen molar-refractivity contribution in [1.29, 1.82) is 0 Å². The molecule has 0 radical (unpaired) electrons. The van der Waals surface area contributed by atoms with Gasteiger partial charge in [0.1, 0.15) is 6.04 Å². The topological polar surface area (TPSA) is 66.4 Å². The van der Waals surface area contributed by atoms with E-state index in [9.17, 15) is 9.59 Å². The van der Waals surface area contributed by atoms with E-state index in [1.165, 1.54) is 11.1 Å². The van der Waals surface area contributed by atoms with Crippen LogP contribution in [-0.2, 0) is 17.6 Å². The number of hydrogen-bond acceptors (Lipinski definition) is 2. The number of nitrogens with one attached hydrogen (secondary N) is 1. The largest absolute Gasteiger partial charge is 0.480 e. The van der Waals surface area contributed by atoms with E-state index < -0.39 is 12.0 Å². The van der Waals surface area contributed by atoms with Crippen LogP contribution >= 0.6 is 0 Å². The lowest BCUT2D eigenvalue weighted by Gasteiger charge is -2.16. The fourth-order valence-electron chi connectivity index (χ4n) is 2.65. The van der Waals surface area contributed by atoms with Gasteiger partial charge in [-0.1, -0.05) is 19.9 Å². The first-order chi connectivity index (χ1) is 9.47. The SMILES string of the molecule is CC(C)C[C@H](NC(=O)c1ccc2c(c1)CCC2)C(=O)O. The zero-order chi connectivity index (χ0) is 14.7. The lowest BCUT2D eigenvalue weighted by molar-refractivity contribution is -0.139. The third kappa shape index (κ3) is 3.38. The fourth-order valence-corrected chi connectivity index (χ4v) is 2.65. The second-order valence-corrected chi connectivity index (χ2v) is 5.83. The summed E-state index contributed by atoms with van der Waals surface area (Å²) >= 11 is 0. The summed E-state index contributed by atoms with van der Waals surface area (Å²) in [6, 6.07) is 4.84. The molecule has 0 aliphatic heterocycles. The van der Waals surface area contributed by atoms with Crippen LogP contribution in [0.3, 0.4) is 0 Å². The summed E-state index contributed by atoms with van der Waals surface area (Å²) in [7, 11) is 0. The Balaban J connectivity index is 2.08. The minimum absolute atomic E-state index is 0.219. The summed E-state index contributed by atoms with van der Waals surface area (Å²) in [6.45, 7) is 3.88. The van der Waals surface area contributed by atoms with E-state index in [2.05, 4.69) is 5.32 Å². The Bertz CT molecular complexity index is 522. The molecule has 0 aromatic heterocycles. The van der Waals surface area contributed by atoms with E-state index >= 15 is 0 Å². The average molecular weight is 275 g/mol. The number of carbonyl (C=O) groups excluding carboxylic acids is 1. The highest BCUT2D eigenvalue weighted by Gasteiger charge is 2.22. The molecule has 1 aliphatic carbocycles. The number of hydrogen-bond donors (Lipinski definition) is 2. The quantitative estimate of drug-likeness (QED) is 0.867. The average Bonchev–Trinajstić information content (AvgIpc) is 2.84. The second kappa shape index (κ2) is 6.07.